The first-order valence-electron chi connectivity index (χ1n) is 8.54. The van der Waals surface area contributed by atoms with Crippen molar-refractivity contribution in [1.82, 2.24) is 5.32 Å². The Morgan fingerprint density at radius 2 is 1.78 bits per heavy atom. The number of hydrogen-bond donors (Lipinski definition) is 2. The standard InChI is InChI=1S/C19H22N2O4S2/c1-4-24-14(22)11-20-19(26)21-17-16(18(23)25-5-2)15(12(3)27-17)13-9-7-6-8-10-13/h6-10H,4-5,11H2,1-3H3,(H2,20,21,26). The van der Waals surface area contributed by atoms with Gasteiger partial charge in [0.15, 0.2) is 5.11 Å². The van der Waals surface area contributed by atoms with Gasteiger partial charge in [0.25, 0.3) is 0 Å². The van der Waals surface area contributed by atoms with Crippen LogP contribution in [-0.2, 0) is 14.3 Å². The largest absolute Gasteiger partial charge is 0.465 e. The van der Waals surface area contributed by atoms with E-state index in [4.69, 9.17) is 21.7 Å². The second-order valence-corrected chi connectivity index (χ2v) is 7.07. The first-order chi connectivity index (χ1) is 13.0. The number of carbonyl (C=O) groups excluding carboxylic acids is 2. The maximum atomic E-state index is 12.6. The molecule has 1 heterocycles. The van der Waals surface area contributed by atoms with Crippen molar-refractivity contribution in [2.75, 3.05) is 25.1 Å². The lowest BCUT2D eigenvalue weighted by Crippen LogP contribution is -2.34. The zero-order valence-corrected chi connectivity index (χ0v) is 17.1. The molecule has 0 amide bonds. The highest BCUT2D eigenvalue weighted by Crippen LogP contribution is 2.40. The van der Waals surface area contributed by atoms with E-state index in [-0.39, 0.29) is 18.3 Å². The molecule has 0 aliphatic heterocycles. The van der Waals surface area contributed by atoms with Crippen LogP contribution >= 0.6 is 23.6 Å². The summed E-state index contributed by atoms with van der Waals surface area (Å²) in [6.07, 6.45) is 0. The van der Waals surface area contributed by atoms with E-state index < -0.39 is 11.9 Å². The summed E-state index contributed by atoms with van der Waals surface area (Å²) >= 11 is 6.65. The number of rotatable bonds is 7. The van der Waals surface area contributed by atoms with Crippen molar-refractivity contribution in [3.05, 3.63) is 40.8 Å². The maximum Gasteiger partial charge on any atom is 0.341 e. The van der Waals surface area contributed by atoms with E-state index in [2.05, 4.69) is 10.6 Å². The molecule has 8 heteroatoms. The Hall–Kier alpha value is -2.45. The Bertz CT molecular complexity index is 819. The fourth-order valence-corrected chi connectivity index (χ4v) is 3.80. The number of benzene rings is 1. The van der Waals surface area contributed by atoms with E-state index in [9.17, 15) is 9.59 Å². The van der Waals surface area contributed by atoms with Crippen molar-refractivity contribution in [2.45, 2.75) is 20.8 Å². The lowest BCUT2D eigenvalue weighted by molar-refractivity contribution is -0.141. The number of hydrogen-bond acceptors (Lipinski definition) is 6. The SMILES string of the molecule is CCOC(=O)CNC(=S)Nc1sc(C)c(-c2ccccc2)c1C(=O)OCC. The minimum absolute atomic E-state index is 0.0513. The van der Waals surface area contributed by atoms with Crippen LogP contribution in [-0.4, -0.2) is 36.8 Å². The molecule has 1 aromatic carbocycles. The van der Waals surface area contributed by atoms with Crippen molar-refractivity contribution in [2.24, 2.45) is 0 Å². The number of thiocarbonyl (C=S) groups is 1. The fourth-order valence-electron chi connectivity index (χ4n) is 2.49. The van der Waals surface area contributed by atoms with Gasteiger partial charge < -0.3 is 20.1 Å². The average Bonchev–Trinajstić information content (AvgIpc) is 2.97. The molecule has 2 rings (SSSR count). The van der Waals surface area contributed by atoms with Gasteiger partial charge in [-0.3, -0.25) is 4.79 Å². The summed E-state index contributed by atoms with van der Waals surface area (Å²) in [6, 6.07) is 9.64. The quantitative estimate of drug-likeness (QED) is 0.536. The van der Waals surface area contributed by atoms with Crippen LogP contribution in [0.5, 0.6) is 0 Å². The molecule has 27 heavy (non-hydrogen) atoms. The molecule has 0 radical (unpaired) electrons. The van der Waals surface area contributed by atoms with Gasteiger partial charge in [-0.2, -0.15) is 0 Å². The molecule has 1 aromatic heterocycles. The smallest absolute Gasteiger partial charge is 0.341 e. The van der Waals surface area contributed by atoms with Crippen LogP contribution in [0, 0.1) is 6.92 Å². The highest BCUT2D eigenvalue weighted by Gasteiger charge is 2.24. The van der Waals surface area contributed by atoms with Crippen LogP contribution in [0.2, 0.25) is 0 Å². The third kappa shape index (κ3) is 5.51. The van der Waals surface area contributed by atoms with Crippen LogP contribution in [0.4, 0.5) is 5.00 Å². The number of anilines is 1. The Morgan fingerprint density at radius 3 is 2.41 bits per heavy atom. The maximum absolute atomic E-state index is 12.6. The summed E-state index contributed by atoms with van der Waals surface area (Å²) in [6.45, 7) is 5.96. The third-order valence-electron chi connectivity index (χ3n) is 3.55. The van der Waals surface area contributed by atoms with Crippen molar-refractivity contribution in [3.63, 3.8) is 0 Å². The second kappa shape index (κ2) is 10.0. The van der Waals surface area contributed by atoms with E-state index in [1.165, 1.54) is 11.3 Å². The van der Waals surface area contributed by atoms with Crippen LogP contribution in [0.3, 0.4) is 0 Å². The van der Waals surface area contributed by atoms with Gasteiger partial charge in [0, 0.05) is 10.4 Å². The summed E-state index contributed by atoms with van der Waals surface area (Å²) < 4.78 is 10.1. The predicted octanol–water partition coefficient (Wildman–Crippen LogP) is 3.75. The van der Waals surface area contributed by atoms with E-state index in [1.807, 2.05) is 37.3 Å². The van der Waals surface area contributed by atoms with Crippen molar-refractivity contribution in [1.29, 1.82) is 0 Å². The molecule has 0 atom stereocenters. The zero-order valence-electron chi connectivity index (χ0n) is 15.5. The number of nitrogens with one attached hydrogen (secondary N) is 2. The Labute approximate surface area is 167 Å². The summed E-state index contributed by atoms with van der Waals surface area (Å²) in [5.74, 6) is -0.823. The minimum atomic E-state index is -0.420. The molecule has 0 aliphatic carbocycles. The normalized spacial score (nSPS) is 10.2. The van der Waals surface area contributed by atoms with Crippen LogP contribution in [0.25, 0.3) is 11.1 Å². The highest BCUT2D eigenvalue weighted by atomic mass is 32.1. The predicted molar refractivity (Wildman–Crippen MR) is 111 cm³/mol. The molecule has 0 saturated heterocycles. The monoisotopic (exact) mass is 406 g/mol. The second-order valence-electron chi connectivity index (χ2n) is 5.44. The molecule has 0 bridgehead atoms. The molecule has 2 N–H and O–H groups in total. The van der Waals surface area contributed by atoms with Gasteiger partial charge in [-0.1, -0.05) is 30.3 Å². The summed E-state index contributed by atoms with van der Waals surface area (Å²) in [7, 11) is 0. The number of thiophene rings is 1. The Kier molecular flexibility index (Phi) is 7.75. The lowest BCUT2D eigenvalue weighted by Gasteiger charge is -2.11. The van der Waals surface area contributed by atoms with Gasteiger partial charge in [-0.25, -0.2) is 4.79 Å². The third-order valence-corrected chi connectivity index (χ3v) is 4.82. The van der Waals surface area contributed by atoms with Crippen LogP contribution in [0.1, 0.15) is 29.1 Å². The lowest BCUT2D eigenvalue weighted by atomic mass is 10.0. The van der Waals surface area contributed by atoms with Gasteiger partial charge >= 0.3 is 11.9 Å². The van der Waals surface area contributed by atoms with E-state index in [0.717, 1.165) is 16.0 Å². The van der Waals surface area contributed by atoms with Crippen molar-refractivity contribution in [3.8, 4) is 11.1 Å². The molecule has 0 saturated carbocycles. The zero-order chi connectivity index (χ0) is 19.8. The highest BCUT2D eigenvalue weighted by molar-refractivity contribution is 7.80. The van der Waals surface area contributed by atoms with Crippen LogP contribution in [0.15, 0.2) is 30.3 Å². The number of carbonyl (C=O) groups is 2. The average molecular weight is 407 g/mol. The van der Waals surface area contributed by atoms with Crippen molar-refractivity contribution >= 4 is 45.6 Å². The molecule has 0 fully saturated rings. The molecule has 0 unspecified atom stereocenters. The molecule has 144 valence electrons. The number of ether oxygens (including phenoxy) is 2. The molecule has 2 aromatic rings. The number of aryl methyl sites for hydroxylation is 1. The minimum Gasteiger partial charge on any atom is -0.465 e. The van der Waals surface area contributed by atoms with Crippen LogP contribution < -0.4 is 10.6 Å². The molecule has 0 aliphatic rings. The fraction of sp³-hybridized carbons (Fsp3) is 0.316. The molecular weight excluding hydrogens is 384 g/mol. The number of esters is 2. The van der Waals surface area contributed by atoms with Gasteiger partial charge in [0.05, 0.1) is 13.2 Å². The van der Waals surface area contributed by atoms with E-state index in [0.29, 0.717) is 17.2 Å². The topological polar surface area (TPSA) is 76.7 Å². The molecular formula is C19H22N2O4S2. The van der Waals surface area contributed by atoms with Crippen molar-refractivity contribution < 1.29 is 19.1 Å². The summed E-state index contributed by atoms with van der Waals surface area (Å²) in [5.41, 5.74) is 2.17. The van der Waals surface area contributed by atoms with Gasteiger partial charge in [0.2, 0.25) is 0 Å². The Morgan fingerprint density at radius 1 is 1.11 bits per heavy atom. The summed E-state index contributed by atoms with van der Waals surface area (Å²) in [5, 5.41) is 6.60. The first kappa shape index (κ1) is 20.9. The molecule has 0 spiro atoms. The van der Waals surface area contributed by atoms with E-state index in [1.54, 1.807) is 13.8 Å². The van der Waals surface area contributed by atoms with E-state index >= 15 is 0 Å². The summed E-state index contributed by atoms with van der Waals surface area (Å²) in [4.78, 5) is 25.0. The molecule has 6 nitrogen and oxygen atoms in total. The van der Waals surface area contributed by atoms with Gasteiger partial charge in [0.1, 0.15) is 17.1 Å². The Balaban J connectivity index is 2.29. The first-order valence-corrected chi connectivity index (χ1v) is 9.76. The van der Waals surface area contributed by atoms with Gasteiger partial charge in [-0.15, -0.1) is 11.3 Å². The van der Waals surface area contributed by atoms with Gasteiger partial charge in [-0.05, 0) is 38.6 Å².